The molecule has 5 rings (SSSR count). The first-order valence-electron chi connectivity index (χ1n) is 12.1. The van der Waals surface area contributed by atoms with Gasteiger partial charge in [-0.05, 0) is 58.5 Å². The first-order chi connectivity index (χ1) is 19.4. The van der Waals surface area contributed by atoms with E-state index < -0.39 is 11.4 Å². The third kappa shape index (κ3) is 6.28. The van der Waals surface area contributed by atoms with Gasteiger partial charge in [0.25, 0.3) is 0 Å². The summed E-state index contributed by atoms with van der Waals surface area (Å²) in [6, 6.07) is 22.1. The van der Waals surface area contributed by atoms with Crippen molar-refractivity contribution in [1.29, 1.82) is 0 Å². The minimum Gasteiger partial charge on any atom is -0.383 e. The highest BCUT2D eigenvalue weighted by atomic mass is 32.2. The monoisotopic (exact) mass is 574 g/mol. The molecular formula is C28H26N6O4S2. The van der Waals surface area contributed by atoms with E-state index in [1.807, 2.05) is 72.1 Å². The van der Waals surface area contributed by atoms with E-state index in [-0.39, 0.29) is 12.8 Å². The topological polar surface area (TPSA) is 165 Å². The number of nitrogen functional groups attached to an aromatic ring is 1. The van der Waals surface area contributed by atoms with Gasteiger partial charge in [0.15, 0.2) is 0 Å². The van der Waals surface area contributed by atoms with Crippen LogP contribution in [-0.2, 0) is 22.1 Å². The summed E-state index contributed by atoms with van der Waals surface area (Å²) in [5.41, 5.74) is 18.8. The summed E-state index contributed by atoms with van der Waals surface area (Å²) < 4.78 is 25.0. The summed E-state index contributed by atoms with van der Waals surface area (Å²) in [7, 11) is 0. The molecule has 0 aliphatic carbocycles. The van der Waals surface area contributed by atoms with Gasteiger partial charge in [0.05, 0.1) is 0 Å². The van der Waals surface area contributed by atoms with E-state index in [1.165, 1.54) is 0 Å². The summed E-state index contributed by atoms with van der Waals surface area (Å²) >= 11 is -0.745. The zero-order valence-corrected chi connectivity index (χ0v) is 22.7. The Labute approximate surface area is 236 Å². The van der Waals surface area contributed by atoms with Gasteiger partial charge in [-0.1, -0.05) is 36.4 Å². The van der Waals surface area contributed by atoms with Gasteiger partial charge in [-0.3, -0.25) is 4.55 Å². The van der Waals surface area contributed by atoms with Gasteiger partial charge < -0.3 is 27.4 Å². The van der Waals surface area contributed by atoms with Crippen LogP contribution in [-0.4, -0.2) is 26.5 Å². The molecule has 1 unspecified atom stereocenters. The van der Waals surface area contributed by atoms with Crippen molar-refractivity contribution in [2.75, 3.05) is 28.4 Å². The molecule has 0 saturated heterocycles. The number of carbonyl (C=O) groups excluding carboxylic acids is 1. The number of anilines is 4. The third-order valence-electron chi connectivity index (χ3n) is 6.13. The number of thiophene rings is 1. The average molecular weight is 575 g/mol. The lowest BCUT2D eigenvalue weighted by Crippen LogP contribution is -2.19. The van der Waals surface area contributed by atoms with Crippen LogP contribution in [0.4, 0.5) is 27.7 Å². The molecule has 3 aromatic carbocycles. The van der Waals surface area contributed by atoms with Crippen molar-refractivity contribution in [2.24, 2.45) is 5.73 Å². The van der Waals surface area contributed by atoms with Crippen molar-refractivity contribution in [2.45, 2.75) is 6.54 Å². The number of urea groups is 1. The van der Waals surface area contributed by atoms with Crippen LogP contribution in [0.25, 0.3) is 32.3 Å². The molecule has 2 heterocycles. The number of nitrogens with zero attached hydrogens (tertiary/aromatic N) is 1. The number of fused-ring (bicyclic) bond motifs is 1. The lowest BCUT2D eigenvalue weighted by molar-refractivity contribution is 0.262. The smallest absolute Gasteiger partial charge is 0.323 e. The predicted octanol–water partition coefficient (Wildman–Crippen LogP) is 5.84. The van der Waals surface area contributed by atoms with Gasteiger partial charge >= 0.3 is 17.4 Å². The van der Waals surface area contributed by atoms with Crippen molar-refractivity contribution in [3.63, 3.8) is 0 Å². The van der Waals surface area contributed by atoms with E-state index in [2.05, 4.69) is 25.1 Å². The number of aromatic nitrogens is 1. The van der Waals surface area contributed by atoms with E-state index in [4.69, 9.17) is 16.0 Å². The number of hydrogen-bond donors (Lipinski definition) is 6. The Morgan fingerprint density at radius 2 is 1.62 bits per heavy atom. The first-order valence-corrected chi connectivity index (χ1v) is 14.0. The minimum absolute atomic E-state index is 0.0912. The second kappa shape index (κ2) is 12.2. The highest BCUT2D eigenvalue weighted by Crippen LogP contribution is 2.42. The molecule has 2 amide bonds. The van der Waals surface area contributed by atoms with Gasteiger partial charge in [-0.25, -0.2) is 14.0 Å². The van der Waals surface area contributed by atoms with Crippen molar-refractivity contribution in [1.82, 2.24) is 4.98 Å². The second-order valence-electron chi connectivity index (χ2n) is 8.71. The normalized spacial score (nSPS) is 11.8. The molecule has 12 heteroatoms. The lowest BCUT2D eigenvalue weighted by Gasteiger charge is -2.10. The van der Waals surface area contributed by atoms with E-state index >= 15 is 0 Å². The summed E-state index contributed by atoms with van der Waals surface area (Å²) in [5, 5.41) is 11.5. The third-order valence-corrected chi connectivity index (χ3v) is 7.46. The Hall–Kier alpha value is -4.33. The van der Waals surface area contributed by atoms with Crippen LogP contribution in [0.3, 0.4) is 0 Å². The molecular weight excluding hydrogens is 548 g/mol. The van der Waals surface area contributed by atoms with Crippen LogP contribution < -0.4 is 27.4 Å². The molecule has 0 saturated carbocycles. The molecule has 0 radical (unpaired) electrons. The number of benzene rings is 3. The van der Waals surface area contributed by atoms with E-state index in [1.54, 1.807) is 23.6 Å². The summed E-state index contributed by atoms with van der Waals surface area (Å²) in [6.07, 6.45) is 1.76. The largest absolute Gasteiger partial charge is 0.383 e. The van der Waals surface area contributed by atoms with E-state index in [0.29, 0.717) is 23.7 Å². The number of nitrogens with one attached hydrogen (secondary N) is 3. The van der Waals surface area contributed by atoms with Crippen molar-refractivity contribution in [3.8, 4) is 22.3 Å². The van der Waals surface area contributed by atoms with Gasteiger partial charge in [-0.2, -0.15) is 4.21 Å². The van der Waals surface area contributed by atoms with E-state index in [0.717, 1.165) is 43.6 Å². The van der Waals surface area contributed by atoms with Gasteiger partial charge in [0.2, 0.25) is 0 Å². The Morgan fingerprint density at radius 3 is 2.33 bits per heavy atom. The maximum atomic E-state index is 12.5. The molecule has 1 atom stereocenters. The van der Waals surface area contributed by atoms with Gasteiger partial charge in [-0.15, -0.1) is 11.3 Å². The van der Waals surface area contributed by atoms with Gasteiger partial charge in [0, 0.05) is 51.0 Å². The van der Waals surface area contributed by atoms with Crippen LogP contribution in [0.2, 0.25) is 0 Å². The molecule has 10 nitrogen and oxygen atoms in total. The second-order valence-corrected chi connectivity index (χ2v) is 10.3. The molecule has 0 fully saturated rings. The van der Waals surface area contributed by atoms with Crippen LogP contribution >= 0.6 is 11.3 Å². The minimum atomic E-state index is -2.32. The molecule has 8 N–H and O–H groups in total. The maximum Gasteiger partial charge on any atom is 0.323 e. The maximum absolute atomic E-state index is 12.5. The molecule has 0 aliphatic rings. The molecule has 5 aromatic rings. The number of nitrogens with two attached hydrogens (primary N) is 2. The number of amides is 2. The van der Waals surface area contributed by atoms with Crippen molar-refractivity contribution in [3.05, 3.63) is 89.9 Å². The highest BCUT2D eigenvalue weighted by molar-refractivity contribution is 7.74. The molecule has 204 valence electrons. The SMILES string of the molecule is NCc1cccc(NC(=O)Nc2ccc(-c3csc4c(-c5ccc(NCOS(=O)O)cc5)cnc(N)c34)cc2)c1. The predicted molar refractivity (Wildman–Crippen MR) is 162 cm³/mol. The van der Waals surface area contributed by atoms with E-state index in [9.17, 15) is 9.00 Å². The van der Waals surface area contributed by atoms with Crippen LogP contribution in [0, 0.1) is 0 Å². The highest BCUT2D eigenvalue weighted by Gasteiger charge is 2.15. The Morgan fingerprint density at radius 1 is 0.950 bits per heavy atom. The summed E-state index contributed by atoms with van der Waals surface area (Å²) in [5.74, 6) is 0.434. The Balaban J connectivity index is 1.33. The summed E-state index contributed by atoms with van der Waals surface area (Å²) in [4.78, 5) is 16.9. The fourth-order valence-corrected chi connectivity index (χ4v) is 5.50. The van der Waals surface area contributed by atoms with Crippen LogP contribution in [0.15, 0.2) is 84.4 Å². The Bertz CT molecular complexity index is 1670. The zero-order chi connectivity index (χ0) is 28.1. The first kappa shape index (κ1) is 27.2. The fraction of sp³-hybridized carbons (Fsp3) is 0.0714. The Kier molecular flexibility index (Phi) is 8.34. The fourth-order valence-electron chi connectivity index (χ4n) is 4.22. The number of pyridine rings is 1. The lowest BCUT2D eigenvalue weighted by atomic mass is 10.0. The standard InChI is InChI=1S/C28H26N6O4S2/c29-13-17-2-1-3-22(12-17)34-28(35)33-21-10-6-19(7-11-21)24-15-39-26-23(14-31-27(30)25(24)26)18-4-8-20(9-5-18)32-16-38-40(36)37/h1-12,14-15,32H,13,16,29H2,(H2,30,31)(H,36,37)(H2,33,34,35). The molecule has 40 heavy (non-hydrogen) atoms. The van der Waals surface area contributed by atoms with Gasteiger partial charge in [0.1, 0.15) is 12.5 Å². The molecule has 2 aromatic heterocycles. The quantitative estimate of drug-likeness (QED) is 0.0944. The average Bonchev–Trinajstić information content (AvgIpc) is 3.40. The molecule has 0 bridgehead atoms. The van der Waals surface area contributed by atoms with Crippen LogP contribution in [0.5, 0.6) is 0 Å². The van der Waals surface area contributed by atoms with Crippen molar-refractivity contribution >= 4 is 61.7 Å². The summed E-state index contributed by atoms with van der Waals surface area (Å²) in [6.45, 7) is 0.306. The number of carbonyl (C=O) groups is 1. The zero-order valence-electron chi connectivity index (χ0n) is 21.1. The number of hydrogen-bond acceptors (Lipinski definition) is 8. The van der Waals surface area contributed by atoms with Crippen LogP contribution in [0.1, 0.15) is 5.56 Å². The molecule has 0 aliphatic heterocycles. The molecule has 0 spiro atoms. The number of rotatable bonds is 9. The van der Waals surface area contributed by atoms with Crippen molar-refractivity contribution < 1.29 is 17.7 Å².